The minimum atomic E-state index is -0.290. The van der Waals surface area contributed by atoms with Crippen molar-refractivity contribution >= 4 is 39.3 Å². The summed E-state index contributed by atoms with van der Waals surface area (Å²) in [5, 5.41) is 11.3. The highest BCUT2D eigenvalue weighted by Gasteiger charge is 2.23. The molecule has 0 saturated carbocycles. The number of thioether (sulfide) groups is 1. The summed E-state index contributed by atoms with van der Waals surface area (Å²) in [5.41, 5.74) is 2.24. The van der Waals surface area contributed by atoms with E-state index in [0.29, 0.717) is 40.0 Å². The van der Waals surface area contributed by atoms with Crippen molar-refractivity contribution in [3.63, 3.8) is 0 Å². The Hall–Kier alpha value is -2.52. The number of aromatic nitrogens is 3. The fourth-order valence-electron chi connectivity index (χ4n) is 2.68. The van der Waals surface area contributed by atoms with Crippen molar-refractivity contribution in [3.8, 4) is 22.8 Å². The molecule has 0 aliphatic carbocycles. The highest BCUT2D eigenvalue weighted by Crippen LogP contribution is 2.33. The molecule has 0 radical (unpaired) electrons. The molecule has 28 heavy (non-hydrogen) atoms. The number of carbonyl (C=O) groups is 1. The van der Waals surface area contributed by atoms with Crippen molar-refractivity contribution in [3.05, 3.63) is 52.6 Å². The Morgan fingerprint density at radius 2 is 1.96 bits per heavy atom. The predicted molar refractivity (Wildman–Crippen MR) is 114 cm³/mol. The van der Waals surface area contributed by atoms with E-state index in [-0.39, 0.29) is 5.91 Å². The Morgan fingerprint density at radius 3 is 2.64 bits per heavy atom. The molecule has 3 rings (SSSR count). The lowest BCUT2D eigenvalue weighted by Crippen LogP contribution is -2.18. The van der Waals surface area contributed by atoms with E-state index in [1.807, 2.05) is 36.6 Å². The molecule has 7 nitrogen and oxygen atoms in total. The van der Waals surface area contributed by atoms with Crippen LogP contribution in [0.5, 0.6) is 11.5 Å². The van der Waals surface area contributed by atoms with Crippen LogP contribution < -0.4 is 14.8 Å². The fraction of sp³-hybridized carbons (Fsp3) is 0.211. The molecular weight excluding hydrogens is 444 g/mol. The van der Waals surface area contributed by atoms with Crippen molar-refractivity contribution < 1.29 is 14.3 Å². The molecule has 0 saturated heterocycles. The predicted octanol–water partition coefficient (Wildman–Crippen LogP) is 4.30. The third-order valence-corrected chi connectivity index (χ3v) is 4.94. The number of methoxy groups -OCH3 is 2. The van der Waals surface area contributed by atoms with Crippen molar-refractivity contribution in [1.29, 1.82) is 0 Å². The summed E-state index contributed by atoms with van der Waals surface area (Å²) in [6, 6.07) is 12.8. The quantitative estimate of drug-likeness (QED) is 0.563. The summed E-state index contributed by atoms with van der Waals surface area (Å²) in [6.45, 7) is 0. The number of carbonyl (C=O) groups excluding carboxylic acids is 1. The summed E-state index contributed by atoms with van der Waals surface area (Å²) < 4.78 is 13.1. The number of hydrogen-bond acceptors (Lipinski definition) is 6. The molecule has 1 amide bonds. The van der Waals surface area contributed by atoms with Gasteiger partial charge in [-0.25, -0.2) is 4.68 Å². The van der Waals surface area contributed by atoms with E-state index in [1.54, 1.807) is 42.8 Å². The molecule has 1 aromatic heterocycles. The molecular formula is C19H19BrN4O3S. The molecule has 1 heterocycles. The van der Waals surface area contributed by atoms with E-state index in [2.05, 4.69) is 31.6 Å². The van der Waals surface area contributed by atoms with Crippen LogP contribution >= 0.6 is 27.7 Å². The number of rotatable bonds is 7. The Morgan fingerprint density at radius 1 is 1.18 bits per heavy atom. The van der Waals surface area contributed by atoms with Gasteiger partial charge in [0.1, 0.15) is 5.69 Å². The minimum absolute atomic E-state index is 0.290. The number of hydrogen-bond donors (Lipinski definition) is 1. The van der Waals surface area contributed by atoms with Crippen LogP contribution in [0.2, 0.25) is 0 Å². The molecule has 0 fully saturated rings. The first kappa shape index (κ1) is 20.2. The van der Waals surface area contributed by atoms with Crippen molar-refractivity contribution in [2.45, 2.75) is 5.88 Å². The van der Waals surface area contributed by atoms with Gasteiger partial charge in [-0.3, -0.25) is 4.79 Å². The van der Waals surface area contributed by atoms with E-state index in [1.165, 1.54) is 0 Å². The zero-order valence-corrected chi connectivity index (χ0v) is 18.0. The Bertz CT molecular complexity index is 993. The van der Waals surface area contributed by atoms with E-state index in [0.717, 1.165) is 4.47 Å². The van der Waals surface area contributed by atoms with Gasteiger partial charge in [-0.2, -0.15) is 0 Å². The number of nitrogens with one attached hydrogen (secondary N) is 1. The number of anilines is 1. The largest absolute Gasteiger partial charge is 0.493 e. The van der Waals surface area contributed by atoms with E-state index in [4.69, 9.17) is 9.47 Å². The third-order valence-electron chi connectivity index (χ3n) is 3.94. The second-order valence-electron chi connectivity index (χ2n) is 5.74. The molecule has 0 atom stereocenters. The van der Waals surface area contributed by atoms with Crippen LogP contribution in [0.3, 0.4) is 0 Å². The van der Waals surface area contributed by atoms with Gasteiger partial charge < -0.3 is 14.8 Å². The number of amides is 1. The zero-order chi connectivity index (χ0) is 20.1. The van der Waals surface area contributed by atoms with Crippen LogP contribution in [0, 0.1) is 0 Å². The van der Waals surface area contributed by atoms with Gasteiger partial charge in [0.15, 0.2) is 17.2 Å². The molecule has 0 aliphatic rings. The van der Waals surface area contributed by atoms with Gasteiger partial charge in [0.2, 0.25) is 0 Å². The lowest BCUT2D eigenvalue weighted by atomic mass is 10.1. The molecule has 1 N–H and O–H groups in total. The van der Waals surface area contributed by atoms with Gasteiger partial charge in [0.05, 0.1) is 20.1 Å². The maximum Gasteiger partial charge on any atom is 0.276 e. The first-order valence-electron chi connectivity index (χ1n) is 8.29. The van der Waals surface area contributed by atoms with Gasteiger partial charge in [0, 0.05) is 15.7 Å². The van der Waals surface area contributed by atoms with Crippen LogP contribution in [0.25, 0.3) is 11.3 Å². The van der Waals surface area contributed by atoms with Crippen LogP contribution in [0.15, 0.2) is 46.9 Å². The van der Waals surface area contributed by atoms with Crippen LogP contribution in [0.1, 0.15) is 10.5 Å². The maximum atomic E-state index is 13.1. The summed E-state index contributed by atoms with van der Waals surface area (Å²) in [5.74, 6) is 1.37. The lowest BCUT2D eigenvalue weighted by molar-refractivity contribution is 0.101. The second kappa shape index (κ2) is 9.11. The highest BCUT2D eigenvalue weighted by atomic mass is 79.9. The number of ether oxygens (including phenoxy) is 2. The molecule has 3 aromatic rings. The van der Waals surface area contributed by atoms with Crippen LogP contribution in [-0.2, 0) is 5.88 Å². The van der Waals surface area contributed by atoms with Crippen molar-refractivity contribution in [2.24, 2.45) is 0 Å². The SMILES string of the molecule is COc1ccc(-c2nnn(CSC)c2C(=O)Nc2cccc(Br)c2)cc1OC. The molecule has 2 aromatic carbocycles. The summed E-state index contributed by atoms with van der Waals surface area (Å²) >= 11 is 4.96. The highest BCUT2D eigenvalue weighted by molar-refractivity contribution is 9.10. The molecule has 0 bridgehead atoms. The summed E-state index contributed by atoms with van der Waals surface area (Å²) in [7, 11) is 3.14. The van der Waals surface area contributed by atoms with Gasteiger partial charge in [0.25, 0.3) is 5.91 Å². The molecule has 9 heteroatoms. The molecule has 0 aliphatic heterocycles. The van der Waals surface area contributed by atoms with E-state index in [9.17, 15) is 4.79 Å². The van der Waals surface area contributed by atoms with Gasteiger partial charge in [-0.1, -0.05) is 27.2 Å². The average molecular weight is 463 g/mol. The fourth-order valence-corrected chi connectivity index (χ4v) is 3.51. The Labute approximate surface area is 175 Å². The average Bonchev–Trinajstić information content (AvgIpc) is 3.11. The van der Waals surface area contributed by atoms with Crippen molar-refractivity contribution in [2.75, 3.05) is 25.8 Å². The smallest absolute Gasteiger partial charge is 0.276 e. The minimum Gasteiger partial charge on any atom is -0.493 e. The monoisotopic (exact) mass is 462 g/mol. The topological polar surface area (TPSA) is 78.3 Å². The van der Waals surface area contributed by atoms with Crippen molar-refractivity contribution in [1.82, 2.24) is 15.0 Å². The Kier molecular flexibility index (Phi) is 6.58. The molecule has 0 spiro atoms. The molecule has 146 valence electrons. The third kappa shape index (κ3) is 4.31. The van der Waals surface area contributed by atoms with Gasteiger partial charge in [-0.05, 0) is 42.7 Å². The van der Waals surface area contributed by atoms with E-state index >= 15 is 0 Å². The summed E-state index contributed by atoms with van der Waals surface area (Å²) in [6.07, 6.45) is 1.94. The van der Waals surface area contributed by atoms with Gasteiger partial charge in [-0.15, -0.1) is 16.9 Å². The number of nitrogens with zero attached hydrogens (tertiary/aromatic N) is 3. The van der Waals surface area contributed by atoms with Crippen LogP contribution in [0.4, 0.5) is 5.69 Å². The number of benzene rings is 2. The Balaban J connectivity index is 2.02. The maximum absolute atomic E-state index is 13.1. The second-order valence-corrected chi connectivity index (χ2v) is 7.49. The first-order valence-corrected chi connectivity index (χ1v) is 10.5. The van der Waals surface area contributed by atoms with Gasteiger partial charge >= 0.3 is 0 Å². The van der Waals surface area contributed by atoms with Crippen LogP contribution in [-0.4, -0.2) is 41.4 Å². The summed E-state index contributed by atoms with van der Waals surface area (Å²) in [4.78, 5) is 13.1. The lowest BCUT2D eigenvalue weighted by Gasteiger charge is -2.11. The molecule has 0 unspecified atom stereocenters. The first-order chi connectivity index (χ1) is 13.6. The van der Waals surface area contributed by atoms with E-state index < -0.39 is 0 Å². The standard InChI is InChI=1S/C19H19BrN4O3S/c1-26-15-8-7-12(9-16(15)27-2)17-18(24(11-28-3)23-22-17)19(25)21-14-6-4-5-13(20)10-14/h4-10H,11H2,1-3H3,(H,21,25). The number of halogens is 1. The normalized spacial score (nSPS) is 10.6. The zero-order valence-electron chi connectivity index (χ0n) is 15.6.